The van der Waals surface area contributed by atoms with E-state index in [9.17, 15) is 4.79 Å². The van der Waals surface area contributed by atoms with Gasteiger partial charge in [0.15, 0.2) is 0 Å². The van der Waals surface area contributed by atoms with Gasteiger partial charge in [0.25, 0.3) is 0 Å². The molecular weight excluding hydrogens is 236 g/mol. The molecule has 1 heterocycles. The van der Waals surface area contributed by atoms with Crippen LogP contribution in [0.15, 0.2) is 0 Å². The van der Waals surface area contributed by atoms with Crippen LogP contribution in [0, 0.1) is 5.92 Å². The van der Waals surface area contributed by atoms with Crippen molar-refractivity contribution in [3.8, 4) is 0 Å². The van der Waals surface area contributed by atoms with E-state index in [0.717, 1.165) is 19.4 Å². The van der Waals surface area contributed by atoms with E-state index in [0.29, 0.717) is 36.2 Å². The van der Waals surface area contributed by atoms with Crippen LogP contribution in [0.5, 0.6) is 0 Å². The van der Waals surface area contributed by atoms with Crippen LogP contribution in [0.4, 0.5) is 0 Å². The van der Waals surface area contributed by atoms with Crippen LogP contribution in [-0.2, 0) is 4.79 Å². The first kappa shape index (κ1) is 13.2. The van der Waals surface area contributed by atoms with E-state index >= 15 is 0 Å². The van der Waals surface area contributed by atoms with Crippen molar-refractivity contribution < 1.29 is 4.79 Å². The number of rotatable bonds is 3. The Morgan fingerprint density at radius 2 is 1.94 bits per heavy atom. The van der Waals surface area contributed by atoms with Gasteiger partial charge in [-0.3, -0.25) is 4.79 Å². The fourth-order valence-electron chi connectivity index (χ4n) is 3.15. The molecule has 0 aromatic carbocycles. The molecule has 1 saturated carbocycles. The van der Waals surface area contributed by atoms with Crippen molar-refractivity contribution in [1.29, 1.82) is 0 Å². The van der Waals surface area contributed by atoms with Crippen LogP contribution in [0.2, 0.25) is 0 Å². The fourth-order valence-corrected chi connectivity index (χ4v) is 3.36. The van der Waals surface area contributed by atoms with Gasteiger partial charge in [-0.15, -0.1) is 11.6 Å². The highest BCUT2D eigenvalue weighted by Gasteiger charge is 2.35. The average Bonchev–Trinajstić information content (AvgIpc) is 2.71. The first-order chi connectivity index (χ1) is 8.11. The average molecular weight is 259 g/mol. The molecule has 2 rings (SSSR count). The molecule has 3 nitrogen and oxygen atoms in total. The van der Waals surface area contributed by atoms with Crippen molar-refractivity contribution in [3.63, 3.8) is 0 Å². The Labute approximate surface area is 109 Å². The number of likely N-dealkylation sites (tertiary alicyclic amines) is 1. The molecule has 1 atom stereocenters. The zero-order valence-electron chi connectivity index (χ0n) is 10.9. The minimum atomic E-state index is 0.323. The number of amides is 1. The Hall–Kier alpha value is -0.280. The van der Waals surface area contributed by atoms with Gasteiger partial charge in [0.2, 0.25) is 5.91 Å². The zero-order chi connectivity index (χ0) is 12.4. The van der Waals surface area contributed by atoms with Gasteiger partial charge in [0.05, 0.1) is 0 Å². The van der Waals surface area contributed by atoms with Gasteiger partial charge in [-0.05, 0) is 45.7 Å². The molecule has 0 aromatic heterocycles. The highest BCUT2D eigenvalue weighted by Crippen LogP contribution is 2.30. The van der Waals surface area contributed by atoms with Gasteiger partial charge in [0.1, 0.15) is 0 Å². The largest absolute Gasteiger partial charge is 0.339 e. The highest BCUT2D eigenvalue weighted by molar-refractivity contribution is 6.18. The fraction of sp³-hybridized carbons (Fsp3) is 0.923. The lowest BCUT2D eigenvalue weighted by atomic mass is 9.89. The lowest BCUT2D eigenvalue weighted by Gasteiger charge is -2.37. The molecule has 0 aromatic rings. The van der Waals surface area contributed by atoms with E-state index in [1.54, 1.807) is 0 Å². The maximum absolute atomic E-state index is 11.9. The van der Waals surface area contributed by atoms with Crippen molar-refractivity contribution >= 4 is 17.5 Å². The topological polar surface area (TPSA) is 23.6 Å². The molecule has 0 spiro atoms. The standard InChI is InChI=1S/C13H23ClN2O/c1-15(2)11-3-5-12(6-4-11)16-9-10(8-14)7-13(16)17/h10-12H,3-9H2,1-2H3. The van der Waals surface area contributed by atoms with Crippen molar-refractivity contribution in [2.75, 3.05) is 26.5 Å². The van der Waals surface area contributed by atoms with Crippen molar-refractivity contribution in [3.05, 3.63) is 0 Å². The van der Waals surface area contributed by atoms with E-state index < -0.39 is 0 Å². The molecule has 1 unspecified atom stereocenters. The van der Waals surface area contributed by atoms with Crippen molar-refractivity contribution in [2.45, 2.75) is 44.2 Å². The molecule has 0 radical (unpaired) electrons. The molecule has 0 bridgehead atoms. The molecule has 4 heteroatoms. The second kappa shape index (κ2) is 5.57. The lowest BCUT2D eigenvalue weighted by molar-refractivity contribution is -0.130. The molecule has 0 N–H and O–H groups in total. The third-order valence-electron chi connectivity index (χ3n) is 4.29. The molecule has 17 heavy (non-hydrogen) atoms. The second-order valence-corrected chi connectivity index (χ2v) is 6.01. The van der Waals surface area contributed by atoms with Gasteiger partial charge in [-0.2, -0.15) is 0 Å². The van der Waals surface area contributed by atoms with Crippen LogP contribution < -0.4 is 0 Å². The van der Waals surface area contributed by atoms with Crippen LogP contribution in [0.25, 0.3) is 0 Å². The minimum absolute atomic E-state index is 0.323. The normalized spacial score (nSPS) is 34.7. The Morgan fingerprint density at radius 3 is 2.41 bits per heavy atom. The number of alkyl halides is 1. The summed E-state index contributed by atoms with van der Waals surface area (Å²) >= 11 is 5.86. The van der Waals surface area contributed by atoms with E-state index in [4.69, 9.17) is 11.6 Å². The van der Waals surface area contributed by atoms with Crippen LogP contribution in [-0.4, -0.2) is 54.3 Å². The summed E-state index contributed by atoms with van der Waals surface area (Å²) in [7, 11) is 4.30. The van der Waals surface area contributed by atoms with Crippen molar-refractivity contribution in [1.82, 2.24) is 9.80 Å². The molecule has 1 aliphatic heterocycles. The first-order valence-corrected chi connectivity index (χ1v) is 7.17. The third kappa shape index (κ3) is 2.94. The predicted molar refractivity (Wildman–Crippen MR) is 70.3 cm³/mol. The maximum Gasteiger partial charge on any atom is 0.223 e. The van der Waals surface area contributed by atoms with E-state index in [1.165, 1.54) is 12.8 Å². The van der Waals surface area contributed by atoms with Crippen LogP contribution in [0.3, 0.4) is 0 Å². The second-order valence-electron chi connectivity index (χ2n) is 5.70. The number of nitrogens with zero attached hydrogens (tertiary/aromatic N) is 2. The van der Waals surface area contributed by atoms with Gasteiger partial charge in [-0.1, -0.05) is 0 Å². The molecule has 1 aliphatic carbocycles. The number of hydrogen-bond acceptors (Lipinski definition) is 2. The minimum Gasteiger partial charge on any atom is -0.339 e. The zero-order valence-corrected chi connectivity index (χ0v) is 11.6. The summed E-state index contributed by atoms with van der Waals surface area (Å²) in [6.07, 6.45) is 5.41. The summed E-state index contributed by atoms with van der Waals surface area (Å²) in [4.78, 5) is 16.3. The highest BCUT2D eigenvalue weighted by atomic mass is 35.5. The Kier molecular flexibility index (Phi) is 4.31. The number of halogens is 1. The summed E-state index contributed by atoms with van der Waals surface area (Å²) in [5.74, 6) is 1.33. The number of carbonyl (C=O) groups excluding carboxylic acids is 1. The van der Waals surface area contributed by atoms with E-state index in [2.05, 4.69) is 23.9 Å². The third-order valence-corrected chi connectivity index (χ3v) is 4.73. The monoisotopic (exact) mass is 258 g/mol. The molecule has 98 valence electrons. The van der Waals surface area contributed by atoms with Gasteiger partial charge < -0.3 is 9.80 Å². The summed E-state index contributed by atoms with van der Waals surface area (Å²) in [6.45, 7) is 0.889. The summed E-state index contributed by atoms with van der Waals surface area (Å²) in [5.41, 5.74) is 0. The van der Waals surface area contributed by atoms with E-state index in [1.807, 2.05) is 0 Å². The van der Waals surface area contributed by atoms with E-state index in [-0.39, 0.29) is 0 Å². The van der Waals surface area contributed by atoms with Crippen LogP contribution >= 0.6 is 11.6 Å². The van der Waals surface area contributed by atoms with Gasteiger partial charge in [0, 0.05) is 30.9 Å². The molecule has 1 saturated heterocycles. The van der Waals surface area contributed by atoms with Crippen molar-refractivity contribution in [2.24, 2.45) is 5.92 Å². The first-order valence-electron chi connectivity index (χ1n) is 6.63. The van der Waals surface area contributed by atoms with Gasteiger partial charge in [-0.25, -0.2) is 0 Å². The Morgan fingerprint density at radius 1 is 1.29 bits per heavy atom. The summed E-state index contributed by atoms with van der Waals surface area (Å²) < 4.78 is 0. The Balaban J connectivity index is 1.87. The van der Waals surface area contributed by atoms with Gasteiger partial charge >= 0.3 is 0 Å². The quantitative estimate of drug-likeness (QED) is 0.723. The molecular formula is C13H23ClN2O. The molecule has 1 amide bonds. The predicted octanol–water partition coefficient (Wildman–Crippen LogP) is 1.95. The SMILES string of the molecule is CN(C)C1CCC(N2CC(CCl)CC2=O)CC1. The maximum atomic E-state index is 11.9. The molecule has 2 fully saturated rings. The Bertz CT molecular complexity index is 275. The summed E-state index contributed by atoms with van der Waals surface area (Å²) in [5, 5.41) is 0. The molecule has 2 aliphatic rings. The smallest absolute Gasteiger partial charge is 0.223 e. The lowest BCUT2D eigenvalue weighted by Crippen LogP contribution is -2.42. The number of hydrogen-bond donors (Lipinski definition) is 0. The summed E-state index contributed by atoms with van der Waals surface area (Å²) in [6, 6.07) is 1.18. The van der Waals surface area contributed by atoms with Crippen LogP contribution in [0.1, 0.15) is 32.1 Å². The number of carbonyl (C=O) groups is 1.